The first-order valence-corrected chi connectivity index (χ1v) is 13.5. The quantitative estimate of drug-likeness (QED) is 0.274. The zero-order valence-electron chi connectivity index (χ0n) is 22.7. The smallest absolute Gasteiger partial charge is 0.221 e. The van der Waals surface area contributed by atoms with E-state index in [2.05, 4.69) is 66.7 Å². The van der Waals surface area contributed by atoms with Crippen LogP contribution in [-0.4, -0.2) is 35.6 Å². The first kappa shape index (κ1) is 27.0. The van der Waals surface area contributed by atoms with Crippen LogP contribution in [-0.2, 0) is 20.9 Å². The van der Waals surface area contributed by atoms with E-state index in [0.29, 0.717) is 6.42 Å². The second kappa shape index (κ2) is 12.1. The molecule has 1 amide bonds. The molecule has 4 aromatic carbocycles. The van der Waals surface area contributed by atoms with Crippen LogP contribution in [0.3, 0.4) is 0 Å². The predicted molar refractivity (Wildman–Crippen MR) is 154 cm³/mol. The number of amides is 1. The molecule has 1 aliphatic heterocycles. The number of fused-ring (bicyclic) bond motifs is 1. The molecule has 0 aliphatic carbocycles. The Labute approximate surface area is 230 Å². The summed E-state index contributed by atoms with van der Waals surface area (Å²) in [7, 11) is 2.14. The average Bonchev–Trinajstić information content (AvgIpc) is 2.96. The minimum atomic E-state index is -0.540. The zero-order chi connectivity index (χ0) is 27.4. The number of nitrogens with zero attached hydrogens (tertiary/aromatic N) is 1. The fourth-order valence-electron chi connectivity index (χ4n) is 5.16. The van der Waals surface area contributed by atoms with Gasteiger partial charge >= 0.3 is 0 Å². The highest BCUT2D eigenvalue weighted by molar-refractivity contribution is 5.88. The van der Waals surface area contributed by atoms with Crippen molar-refractivity contribution in [2.75, 3.05) is 18.9 Å². The Bertz CT molecular complexity index is 1400. The van der Waals surface area contributed by atoms with Gasteiger partial charge in [-0.2, -0.15) is 0 Å². The van der Waals surface area contributed by atoms with E-state index in [0.717, 1.165) is 28.9 Å². The van der Waals surface area contributed by atoms with Gasteiger partial charge in [0, 0.05) is 37.2 Å². The SMILES string of the molecule is CC(=O)Nc1ccc([C@@H]2O[C@H](CN(C)[C@H](C)c3ccc4ccccc4c3)C[C@H](c3ccc(CO)cc3)O2)cc1. The lowest BCUT2D eigenvalue weighted by molar-refractivity contribution is -0.253. The molecule has 1 saturated heterocycles. The van der Waals surface area contributed by atoms with E-state index in [4.69, 9.17) is 9.47 Å². The summed E-state index contributed by atoms with van der Waals surface area (Å²) >= 11 is 0. The number of carbonyl (C=O) groups excluding carboxylic acids is 1. The number of hydrogen-bond donors (Lipinski definition) is 2. The molecular formula is C33H36N2O4. The maximum Gasteiger partial charge on any atom is 0.221 e. The molecule has 4 atom stereocenters. The molecule has 5 rings (SSSR count). The first-order valence-electron chi connectivity index (χ1n) is 13.5. The normalized spacial score (nSPS) is 20.2. The van der Waals surface area contributed by atoms with Gasteiger partial charge in [-0.15, -0.1) is 0 Å². The third-order valence-electron chi connectivity index (χ3n) is 7.53. The van der Waals surface area contributed by atoms with Crippen LogP contribution in [0.25, 0.3) is 10.8 Å². The Balaban J connectivity index is 1.35. The molecule has 1 aliphatic rings. The Hall–Kier alpha value is -3.55. The van der Waals surface area contributed by atoms with Crippen molar-refractivity contribution in [3.05, 3.63) is 113 Å². The lowest BCUT2D eigenvalue weighted by atomic mass is 9.98. The Morgan fingerprint density at radius 1 is 0.949 bits per heavy atom. The molecule has 0 radical (unpaired) electrons. The van der Waals surface area contributed by atoms with Gasteiger partial charge in [-0.1, -0.05) is 72.8 Å². The molecule has 0 spiro atoms. The number of anilines is 1. The van der Waals surface area contributed by atoms with E-state index in [9.17, 15) is 9.90 Å². The molecule has 2 N–H and O–H groups in total. The number of likely N-dealkylation sites (N-methyl/N-ethyl adjacent to an activating group) is 1. The molecule has 0 unspecified atom stereocenters. The van der Waals surface area contributed by atoms with Crippen LogP contribution in [0.5, 0.6) is 0 Å². The highest BCUT2D eigenvalue weighted by atomic mass is 16.7. The van der Waals surface area contributed by atoms with Crippen LogP contribution in [0.15, 0.2) is 91.0 Å². The van der Waals surface area contributed by atoms with Gasteiger partial charge in [-0.05, 0) is 59.6 Å². The van der Waals surface area contributed by atoms with Gasteiger partial charge in [0.2, 0.25) is 5.91 Å². The molecule has 202 valence electrons. The number of aliphatic hydroxyl groups excluding tert-OH is 1. The van der Waals surface area contributed by atoms with Crippen LogP contribution in [0.4, 0.5) is 5.69 Å². The molecule has 0 saturated carbocycles. The summed E-state index contributed by atoms with van der Waals surface area (Å²) in [5, 5.41) is 14.8. The summed E-state index contributed by atoms with van der Waals surface area (Å²) in [4.78, 5) is 13.8. The summed E-state index contributed by atoms with van der Waals surface area (Å²) in [6, 6.07) is 30.8. The fraction of sp³-hybridized carbons (Fsp3) is 0.303. The summed E-state index contributed by atoms with van der Waals surface area (Å²) in [5.41, 5.74) is 4.83. The minimum Gasteiger partial charge on any atom is -0.392 e. The number of benzene rings is 4. The average molecular weight is 525 g/mol. The van der Waals surface area contributed by atoms with Crippen molar-refractivity contribution in [1.29, 1.82) is 0 Å². The largest absolute Gasteiger partial charge is 0.392 e. The lowest BCUT2D eigenvalue weighted by Crippen LogP contribution is -2.38. The number of hydrogen-bond acceptors (Lipinski definition) is 5. The summed E-state index contributed by atoms with van der Waals surface area (Å²) in [6.45, 7) is 4.47. The van der Waals surface area contributed by atoms with Crippen LogP contribution in [0.2, 0.25) is 0 Å². The van der Waals surface area contributed by atoms with Crippen LogP contribution < -0.4 is 5.32 Å². The second-order valence-electron chi connectivity index (χ2n) is 10.4. The third-order valence-corrected chi connectivity index (χ3v) is 7.53. The van der Waals surface area contributed by atoms with Crippen molar-refractivity contribution < 1.29 is 19.4 Å². The Kier molecular flexibility index (Phi) is 8.38. The molecule has 0 aromatic heterocycles. The van der Waals surface area contributed by atoms with Crippen LogP contribution in [0, 0.1) is 0 Å². The molecular weight excluding hydrogens is 488 g/mol. The lowest BCUT2D eigenvalue weighted by Gasteiger charge is -2.39. The number of rotatable bonds is 8. The van der Waals surface area contributed by atoms with Crippen molar-refractivity contribution in [2.24, 2.45) is 0 Å². The van der Waals surface area contributed by atoms with Gasteiger partial charge in [-0.3, -0.25) is 9.69 Å². The van der Waals surface area contributed by atoms with Crippen molar-refractivity contribution in [3.63, 3.8) is 0 Å². The van der Waals surface area contributed by atoms with Crippen molar-refractivity contribution in [1.82, 2.24) is 4.90 Å². The standard InChI is InChI=1S/C33H36N2O4/c1-22(28-13-12-25-6-4-5-7-29(25)18-28)35(3)20-31-19-32(26-10-8-24(21-36)9-11-26)39-33(38-31)27-14-16-30(17-15-27)34-23(2)37/h4-18,22,31-33,36H,19-21H2,1-3H3,(H,34,37)/t22-,31+,32-,33-/m1/s1. The summed E-state index contributed by atoms with van der Waals surface area (Å²) in [6.07, 6.45) is -0.0367. The van der Waals surface area contributed by atoms with Gasteiger partial charge in [-0.25, -0.2) is 0 Å². The third kappa shape index (κ3) is 6.54. The molecule has 39 heavy (non-hydrogen) atoms. The van der Waals surface area contributed by atoms with E-state index in [1.165, 1.54) is 23.3 Å². The molecule has 1 fully saturated rings. The number of ether oxygens (including phenoxy) is 2. The van der Waals surface area contributed by atoms with Crippen LogP contribution >= 0.6 is 0 Å². The zero-order valence-corrected chi connectivity index (χ0v) is 22.7. The van der Waals surface area contributed by atoms with E-state index < -0.39 is 6.29 Å². The van der Waals surface area contributed by atoms with Crippen molar-refractivity contribution in [2.45, 2.75) is 51.4 Å². The second-order valence-corrected chi connectivity index (χ2v) is 10.4. The van der Waals surface area contributed by atoms with E-state index >= 15 is 0 Å². The van der Waals surface area contributed by atoms with E-state index in [1.54, 1.807) is 0 Å². The molecule has 6 nitrogen and oxygen atoms in total. The van der Waals surface area contributed by atoms with Gasteiger partial charge < -0.3 is 19.9 Å². The topological polar surface area (TPSA) is 71.0 Å². The molecule has 0 bridgehead atoms. The predicted octanol–water partition coefficient (Wildman–Crippen LogP) is 6.53. The Morgan fingerprint density at radius 2 is 1.64 bits per heavy atom. The monoisotopic (exact) mass is 524 g/mol. The fourth-order valence-corrected chi connectivity index (χ4v) is 5.16. The first-order chi connectivity index (χ1) is 18.9. The highest BCUT2D eigenvalue weighted by Crippen LogP contribution is 2.39. The summed E-state index contributed by atoms with van der Waals surface area (Å²) < 4.78 is 13.0. The minimum absolute atomic E-state index is 0.0122. The van der Waals surface area contributed by atoms with Gasteiger partial charge in [0.05, 0.1) is 18.8 Å². The van der Waals surface area contributed by atoms with E-state index in [1.807, 2.05) is 48.5 Å². The van der Waals surface area contributed by atoms with Gasteiger partial charge in [0.25, 0.3) is 0 Å². The number of nitrogens with one attached hydrogen (secondary N) is 1. The highest BCUT2D eigenvalue weighted by Gasteiger charge is 2.33. The molecule has 1 heterocycles. The van der Waals surface area contributed by atoms with E-state index in [-0.39, 0.29) is 30.8 Å². The maximum atomic E-state index is 11.4. The van der Waals surface area contributed by atoms with Crippen LogP contribution in [0.1, 0.15) is 61.0 Å². The van der Waals surface area contributed by atoms with Gasteiger partial charge in [0.15, 0.2) is 6.29 Å². The number of aliphatic hydroxyl groups is 1. The maximum absolute atomic E-state index is 11.4. The number of carbonyl (C=O) groups is 1. The van der Waals surface area contributed by atoms with Crippen molar-refractivity contribution in [3.8, 4) is 0 Å². The summed E-state index contributed by atoms with van der Waals surface area (Å²) in [5.74, 6) is -0.108. The molecule has 4 aromatic rings. The van der Waals surface area contributed by atoms with Gasteiger partial charge in [0.1, 0.15) is 0 Å². The molecule has 6 heteroatoms. The Morgan fingerprint density at radius 3 is 2.33 bits per heavy atom. The van der Waals surface area contributed by atoms with Crippen molar-refractivity contribution >= 4 is 22.4 Å².